The van der Waals surface area contributed by atoms with E-state index in [1.165, 1.54) is 0 Å². The van der Waals surface area contributed by atoms with Crippen molar-refractivity contribution < 1.29 is 14.3 Å². The lowest BCUT2D eigenvalue weighted by molar-refractivity contribution is -0.151. The van der Waals surface area contributed by atoms with E-state index in [1.54, 1.807) is 6.92 Å². The van der Waals surface area contributed by atoms with E-state index < -0.39 is 11.8 Å². The molecule has 50 valence electrons. The highest BCUT2D eigenvalue weighted by atomic mass is 16.5. The van der Waals surface area contributed by atoms with Gasteiger partial charge in [-0.2, -0.15) is 0 Å². The molecule has 9 heavy (non-hydrogen) atoms. The van der Waals surface area contributed by atoms with Gasteiger partial charge in [0, 0.05) is 0 Å². The quantitative estimate of drug-likeness (QED) is 0.312. The lowest BCUT2D eigenvalue weighted by atomic mass is 10.4. The fourth-order valence-corrected chi connectivity index (χ4v) is 0.286. The monoisotopic (exact) mass is 128 g/mol. The summed E-state index contributed by atoms with van der Waals surface area (Å²) in [5.74, 6) is -1.54. The van der Waals surface area contributed by atoms with Crippen LogP contribution in [0.1, 0.15) is 6.92 Å². The average Bonchev–Trinajstić information content (AvgIpc) is 1.87. The molecule has 0 aliphatic carbocycles. The van der Waals surface area contributed by atoms with Crippen LogP contribution in [0.2, 0.25) is 0 Å². The van der Waals surface area contributed by atoms with Crippen LogP contribution in [0.3, 0.4) is 0 Å². The lowest BCUT2D eigenvalue weighted by Gasteiger charge is -1.93. The summed E-state index contributed by atoms with van der Waals surface area (Å²) < 4.78 is 4.33. The highest BCUT2D eigenvalue weighted by Gasteiger charge is 2.08. The molecule has 0 aromatic carbocycles. The van der Waals surface area contributed by atoms with Crippen LogP contribution in [0.15, 0.2) is 12.7 Å². The summed E-state index contributed by atoms with van der Waals surface area (Å²) in [7, 11) is 0. The molecule has 0 fully saturated rings. The first-order valence-corrected chi connectivity index (χ1v) is 2.56. The van der Waals surface area contributed by atoms with E-state index in [0.717, 1.165) is 6.08 Å². The van der Waals surface area contributed by atoms with Gasteiger partial charge in [0.15, 0.2) is 0 Å². The zero-order valence-electron chi connectivity index (χ0n) is 5.22. The minimum Gasteiger partial charge on any atom is -0.460 e. The van der Waals surface area contributed by atoms with Gasteiger partial charge >= 0.3 is 5.97 Å². The predicted molar refractivity (Wildman–Crippen MR) is 31.8 cm³/mol. The molecule has 0 heterocycles. The Balaban J connectivity index is 3.73. The fourth-order valence-electron chi connectivity index (χ4n) is 0.286. The van der Waals surface area contributed by atoms with Crippen molar-refractivity contribution in [3.05, 3.63) is 12.7 Å². The summed E-state index contributed by atoms with van der Waals surface area (Å²) in [4.78, 5) is 20.6. The van der Waals surface area contributed by atoms with Gasteiger partial charge in [-0.1, -0.05) is 6.58 Å². The molecular weight excluding hydrogens is 120 g/mol. The van der Waals surface area contributed by atoms with Gasteiger partial charge in [0.1, 0.15) is 0 Å². The van der Waals surface area contributed by atoms with Crippen molar-refractivity contribution >= 4 is 11.8 Å². The molecule has 0 spiro atoms. The van der Waals surface area contributed by atoms with Gasteiger partial charge in [-0.15, -0.1) is 0 Å². The Morgan fingerprint density at radius 3 is 2.56 bits per heavy atom. The van der Waals surface area contributed by atoms with E-state index in [4.69, 9.17) is 0 Å². The first kappa shape index (κ1) is 7.88. The van der Waals surface area contributed by atoms with Gasteiger partial charge in [-0.3, -0.25) is 4.79 Å². The second-order valence-corrected chi connectivity index (χ2v) is 1.29. The highest BCUT2D eigenvalue weighted by molar-refractivity contribution is 6.38. The average molecular weight is 128 g/mol. The number of rotatable bonds is 3. The van der Waals surface area contributed by atoms with Crippen LogP contribution < -0.4 is 0 Å². The Kier molecular flexibility index (Phi) is 3.35. The summed E-state index contributed by atoms with van der Waals surface area (Å²) in [6.45, 7) is 4.97. The zero-order chi connectivity index (χ0) is 7.28. The van der Waals surface area contributed by atoms with Gasteiger partial charge in [0.05, 0.1) is 6.61 Å². The number of hydrogen-bond donors (Lipinski definition) is 0. The molecule has 0 saturated carbocycles. The molecule has 0 saturated heterocycles. The second-order valence-electron chi connectivity index (χ2n) is 1.29. The molecule has 0 aromatic heterocycles. The SMILES string of the molecule is C=CC(=O)C(=O)OCC. The summed E-state index contributed by atoms with van der Waals surface area (Å²) >= 11 is 0. The van der Waals surface area contributed by atoms with E-state index in [-0.39, 0.29) is 6.61 Å². The van der Waals surface area contributed by atoms with Crippen LogP contribution in [0.25, 0.3) is 0 Å². The van der Waals surface area contributed by atoms with Crippen molar-refractivity contribution in [1.29, 1.82) is 0 Å². The Labute approximate surface area is 53.3 Å². The van der Waals surface area contributed by atoms with Crippen LogP contribution in [-0.2, 0) is 14.3 Å². The van der Waals surface area contributed by atoms with Gasteiger partial charge in [0.2, 0.25) is 0 Å². The van der Waals surface area contributed by atoms with Crippen molar-refractivity contribution in [1.82, 2.24) is 0 Å². The Bertz CT molecular complexity index is 137. The topological polar surface area (TPSA) is 43.4 Å². The number of ketones is 1. The largest absolute Gasteiger partial charge is 0.460 e. The third-order valence-electron chi connectivity index (χ3n) is 0.662. The summed E-state index contributed by atoms with van der Waals surface area (Å²) in [6, 6.07) is 0. The van der Waals surface area contributed by atoms with Crippen molar-refractivity contribution in [3.63, 3.8) is 0 Å². The van der Waals surface area contributed by atoms with Crippen LogP contribution >= 0.6 is 0 Å². The van der Waals surface area contributed by atoms with E-state index in [0.29, 0.717) is 0 Å². The van der Waals surface area contributed by atoms with E-state index >= 15 is 0 Å². The van der Waals surface area contributed by atoms with Crippen LogP contribution in [0.5, 0.6) is 0 Å². The van der Waals surface area contributed by atoms with Crippen molar-refractivity contribution in [2.45, 2.75) is 6.92 Å². The number of hydrogen-bond acceptors (Lipinski definition) is 3. The molecule has 3 heteroatoms. The number of ether oxygens (including phenoxy) is 1. The predicted octanol–water partition coefficient (Wildman–Crippen LogP) is 0.305. The Morgan fingerprint density at radius 2 is 2.22 bits per heavy atom. The first-order chi connectivity index (χ1) is 4.22. The number of esters is 1. The zero-order valence-corrected chi connectivity index (χ0v) is 5.22. The van der Waals surface area contributed by atoms with E-state index in [1.807, 2.05) is 0 Å². The van der Waals surface area contributed by atoms with Gasteiger partial charge in [-0.25, -0.2) is 4.79 Å². The Morgan fingerprint density at radius 1 is 1.67 bits per heavy atom. The van der Waals surface area contributed by atoms with Gasteiger partial charge in [-0.05, 0) is 13.0 Å². The summed E-state index contributed by atoms with van der Waals surface area (Å²) in [5.41, 5.74) is 0. The van der Waals surface area contributed by atoms with E-state index in [2.05, 4.69) is 11.3 Å². The van der Waals surface area contributed by atoms with Gasteiger partial charge < -0.3 is 4.74 Å². The minimum absolute atomic E-state index is 0.221. The molecule has 0 aliphatic rings. The van der Waals surface area contributed by atoms with Gasteiger partial charge in [0.25, 0.3) is 5.78 Å². The summed E-state index contributed by atoms with van der Waals surface area (Å²) in [5, 5.41) is 0. The van der Waals surface area contributed by atoms with Crippen molar-refractivity contribution in [2.75, 3.05) is 6.61 Å². The lowest BCUT2D eigenvalue weighted by Crippen LogP contribution is -2.13. The molecule has 3 nitrogen and oxygen atoms in total. The minimum atomic E-state index is -0.840. The maximum atomic E-state index is 10.3. The Hall–Kier alpha value is -1.12. The molecule has 0 aliphatic heterocycles. The highest BCUT2D eigenvalue weighted by Crippen LogP contribution is 1.80. The maximum absolute atomic E-state index is 10.3. The molecule has 0 atom stereocenters. The number of carbonyl (C=O) groups is 2. The molecule has 0 radical (unpaired) electrons. The molecule has 0 N–H and O–H groups in total. The second kappa shape index (κ2) is 3.83. The molecular formula is C6H8O3. The third-order valence-corrected chi connectivity index (χ3v) is 0.662. The molecule has 0 bridgehead atoms. The normalized spacial score (nSPS) is 8.11. The van der Waals surface area contributed by atoms with E-state index in [9.17, 15) is 9.59 Å². The maximum Gasteiger partial charge on any atom is 0.378 e. The smallest absolute Gasteiger partial charge is 0.378 e. The molecule has 0 unspecified atom stereocenters. The fraction of sp³-hybridized carbons (Fsp3) is 0.333. The van der Waals surface area contributed by atoms with Crippen LogP contribution in [0.4, 0.5) is 0 Å². The molecule has 0 rings (SSSR count). The van der Waals surface area contributed by atoms with Crippen molar-refractivity contribution in [3.8, 4) is 0 Å². The van der Waals surface area contributed by atoms with Crippen LogP contribution in [-0.4, -0.2) is 18.4 Å². The third kappa shape index (κ3) is 2.64. The standard InChI is InChI=1S/C6H8O3/c1-3-5(7)6(8)9-4-2/h3H,1,4H2,2H3. The van der Waals surface area contributed by atoms with Crippen LogP contribution in [0, 0.1) is 0 Å². The first-order valence-electron chi connectivity index (χ1n) is 2.56. The molecule has 0 amide bonds. The molecule has 0 aromatic rings. The summed E-state index contributed by atoms with van der Waals surface area (Å²) in [6.07, 6.45) is 0.929. The number of carbonyl (C=O) groups excluding carboxylic acids is 2. The van der Waals surface area contributed by atoms with Crippen molar-refractivity contribution in [2.24, 2.45) is 0 Å².